The second-order valence-electron chi connectivity index (χ2n) is 3.52. The van der Waals surface area contributed by atoms with Gasteiger partial charge in [0.05, 0.1) is 18.8 Å². The topological polar surface area (TPSA) is 45.0 Å². The molecule has 1 aliphatic rings. The van der Waals surface area contributed by atoms with Crippen LogP contribution in [0.4, 0.5) is 0 Å². The Bertz CT molecular complexity index is 172. The maximum atomic E-state index is 8.76. The van der Waals surface area contributed by atoms with Gasteiger partial charge in [-0.2, -0.15) is 5.26 Å². The van der Waals surface area contributed by atoms with Crippen molar-refractivity contribution in [3.63, 3.8) is 0 Å². The van der Waals surface area contributed by atoms with E-state index in [1.54, 1.807) is 0 Å². The van der Waals surface area contributed by atoms with Gasteiger partial charge >= 0.3 is 0 Å². The minimum atomic E-state index is -0.124. The van der Waals surface area contributed by atoms with Crippen molar-refractivity contribution in [2.24, 2.45) is 0 Å². The van der Waals surface area contributed by atoms with Gasteiger partial charge in [0.15, 0.2) is 0 Å². The van der Waals surface area contributed by atoms with Crippen molar-refractivity contribution in [3.8, 4) is 6.07 Å². The number of hydrogen-bond acceptors (Lipinski definition) is 3. The number of nitrogens with zero attached hydrogens (tertiary/aromatic N) is 1. The molecule has 0 aromatic heterocycles. The van der Waals surface area contributed by atoms with Crippen LogP contribution in [0.15, 0.2) is 0 Å². The quantitative estimate of drug-likeness (QED) is 0.676. The van der Waals surface area contributed by atoms with Crippen LogP contribution in [0.5, 0.6) is 0 Å². The maximum Gasteiger partial charge on any atom is 0.119 e. The predicted octanol–water partition coefficient (Wildman–Crippen LogP) is 1.45. The standard InChI is InChI=1S/C10H18N2O/c1-2-6-12-9(7-11)8-13-10-4-3-5-10/h9-10,12H,2-6,8H2,1H3. The Kier molecular flexibility index (Phi) is 4.81. The van der Waals surface area contributed by atoms with Gasteiger partial charge in [0.1, 0.15) is 6.04 Å². The van der Waals surface area contributed by atoms with E-state index in [1.165, 1.54) is 19.3 Å². The van der Waals surface area contributed by atoms with Gasteiger partial charge in [-0.25, -0.2) is 0 Å². The molecule has 1 N–H and O–H groups in total. The largest absolute Gasteiger partial charge is 0.375 e. The van der Waals surface area contributed by atoms with E-state index in [-0.39, 0.29) is 6.04 Å². The van der Waals surface area contributed by atoms with Gasteiger partial charge < -0.3 is 10.1 Å². The Morgan fingerprint density at radius 1 is 1.62 bits per heavy atom. The summed E-state index contributed by atoms with van der Waals surface area (Å²) in [7, 11) is 0. The molecule has 0 amide bonds. The van der Waals surface area contributed by atoms with E-state index < -0.39 is 0 Å². The lowest BCUT2D eigenvalue weighted by Crippen LogP contribution is -2.35. The average Bonchev–Trinajstić information content (AvgIpc) is 2.08. The monoisotopic (exact) mass is 182 g/mol. The van der Waals surface area contributed by atoms with Crippen molar-refractivity contribution in [2.45, 2.75) is 44.8 Å². The van der Waals surface area contributed by atoms with Crippen molar-refractivity contribution in [3.05, 3.63) is 0 Å². The molecule has 0 aromatic carbocycles. The van der Waals surface area contributed by atoms with Gasteiger partial charge in [-0.3, -0.25) is 0 Å². The molecular formula is C10H18N2O. The van der Waals surface area contributed by atoms with Gasteiger partial charge in [-0.1, -0.05) is 6.92 Å². The Hall–Kier alpha value is -0.590. The molecule has 3 nitrogen and oxygen atoms in total. The first kappa shape index (κ1) is 10.5. The van der Waals surface area contributed by atoms with Crippen LogP contribution < -0.4 is 5.32 Å². The molecule has 1 saturated carbocycles. The molecule has 0 aromatic rings. The van der Waals surface area contributed by atoms with Crippen molar-refractivity contribution in [2.75, 3.05) is 13.2 Å². The summed E-state index contributed by atoms with van der Waals surface area (Å²) >= 11 is 0. The van der Waals surface area contributed by atoms with E-state index >= 15 is 0 Å². The van der Waals surface area contributed by atoms with Crippen molar-refractivity contribution >= 4 is 0 Å². The zero-order chi connectivity index (χ0) is 9.52. The lowest BCUT2D eigenvalue weighted by Gasteiger charge is -2.26. The lowest BCUT2D eigenvalue weighted by molar-refractivity contribution is -0.00247. The normalized spacial score (nSPS) is 19.1. The highest BCUT2D eigenvalue weighted by molar-refractivity contribution is 4.89. The fourth-order valence-electron chi connectivity index (χ4n) is 1.23. The van der Waals surface area contributed by atoms with Crippen molar-refractivity contribution in [1.29, 1.82) is 5.26 Å². The molecule has 0 heterocycles. The minimum absolute atomic E-state index is 0.124. The minimum Gasteiger partial charge on any atom is -0.375 e. The molecule has 1 rings (SSSR count). The van der Waals surface area contributed by atoms with E-state index in [9.17, 15) is 0 Å². The van der Waals surface area contributed by atoms with Crippen LogP contribution in [0.25, 0.3) is 0 Å². The number of rotatable bonds is 6. The molecule has 1 aliphatic carbocycles. The molecule has 0 bridgehead atoms. The first-order valence-corrected chi connectivity index (χ1v) is 5.11. The summed E-state index contributed by atoms with van der Waals surface area (Å²) in [6.07, 6.45) is 5.11. The molecule has 1 atom stereocenters. The lowest BCUT2D eigenvalue weighted by atomic mass is 9.96. The summed E-state index contributed by atoms with van der Waals surface area (Å²) in [5.41, 5.74) is 0. The van der Waals surface area contributed by atoms with Gasteiger partial charge in [-0.15, -0.1) is 0 Å². The molecule has 0 saturated heterocycles. The molecule has 0 spiro atoms. The Morgan fingerprint density at radius 3 is 2.85 bits per heavy atom. The molecular weight excluding hydrogens is 164 g/mol. The Labute approximate surface area is 80.1 Å². The highest BCUT2D eigenvalue weighted by atomic mass is 16.5. The third-order valence-electron chi connectivity index (χ3n) is 2.35. The van der Waals surface area contributed by atoms with Gasteiger partial charge in [-0.05, 0) is 32.2 Å². The number of nitrogens with one attached hydrogen (secondary N) is 1. The van der Waals surface area contributed by atoms with E-state index in [0.29, 0.717) is 12.7 Å². The molecule has 13 heavy (non-hydrogen) atoms. The zero-order valence-corrected chi connectivity index (χ0v) is 8.25. The second-order valence-corrected chi connectivity index (χ2v) is 3.52. The fourth-order valence-corrected chi connectivity index (χ4v) is 1.23. The van der Waals surface area contributed by atoms with Crippen LogP contribution in [0.3, 0.4) is 0 Å². The van der Waals surface area contributed by atoms with Gasteiger partial charge in [0.25, 0.3) is 0 Å². The van der Waals surface area contributed by atoms with E-state index in [2.05, 4.69) is 18.3 Å². The average molecular weight is 182 g/mol. The third kappa shape index (κ3) is 3.75. The SMILES string of the molecule is CCCNC(C#N)COC1CCC1. The molecule has 1 unspecified atom stereocenters. The van der Waals surface area contributed by atoms with Crippen LogP contribution in [0, 0.1) is 11.3 Å². The fraction of sp³-hybridized carbons (Fsp3) is 0.900. The zero-order valence-electron chi connectivity index (χ0n) is 8.25. The number of nitriles is 1. The third-order valence-corrected chi connectivity index (χ3v) is 2.35. The highest BCUT2D eigenvalue weighted by Gasteiger charge is 2.19. The summed E-state index contributed by atoms with van der Waals surface area (Å²) < 4.78 is 5.54. The van der Waals surface area contributed by atoms with E-state index in [0.717, 1.165) is 13.0 Å². The highest BCUT2D eigenvalue weighted by Crippen LogP contribution is 2.21. The molecule has 74 valence electrons. The number of hydrogen-bond donors (Lipinski definition) is 1. The van der Waals surface area contributed by atoms with E-state index in [1.807, 2.05) is 0 Å². The molecule has 1 fully saturated rings. The predicted molar refractivity (Wildman–Crippen MR) is 51.3 cm³/mol. The summed E-state index contributed by atoms with van der Waals surface area (Å²) in [6, 6.07) is 2.08. The van der Waals surface area contributed by atoms with Crippen LogP contribution in [0.2, 0.25) is 0 Å². The summed E-state index contributed by atoms with van der Waals surface area (Å²) in [4.78, 5) is 0. The summed E-state index contributed by atoms with van der Waals surface area (Å²) in [5, 5.41) is 11.9. The maximum absolute atomic E-state index is 8.76. The van der Waals surface area contributed by atoms with Gasteiger partial charge in [0.2, 0.25) is 0 Å². The summed E-state index contributed by atoms with van der Waals surface area (Å²) in [6.45, 7) is 3.53. The van der Waals surface area contributed by atoms with Crippen LogP contribution in [-0.4, -0.2) is 25.3 Å². The van der Waals surface area contributed by atoms with Crippen LogP contribution in [-0.2, 0) is 4.74 Å². The molecule has 0 radical (unpaired) electrons. The van der Waals surface area contributed by atoms with Gasteiger partial charge in [0, 0.05) is 0 Å². The molecule has 3 heteroatoms. The van der Waals surface area contributed by atoms with Crippen molar-refractivity contribution < 1.29 is 4.74 Å². The smallest absolute Gasteiger partial charge is 0.119 e. The van der Waals surface area contributed by atoms with E-state index in [4.69, 9.17) is 10.00 Å². The second kappa shape index (κ2) is 5.95. The summed E-state index contributed by atoms with van der Waals surface area (Å²) in [5.74, 6) is 0. The first-order chi connectivity index (χ1) is 6.36. The number of ether oxygens (including phenoxy) is 1. The Morgan fingerprint density at radius 2 is 2.38 bits per heavy atom. The Balaban J connectivity index is 2.05. The van der Waals surface area contributed by atoms with Crippen molar-refractivity contribution in [1.82, 2.24) is 5.32 Å². The van der Waals surface area contributed by atoms with Crippen LogP contribution in [0.1, 0.15) is 32.6 Å². The van der Waals surface area contributed by atoms with Crippen LogP contribution >= 0.6 is 0 Å². The molecule has 0 aliphatic heterocycles. The first-order valence-electron chi connectivity index (χ1n) is 5.11.